The van der Waals surface area contributed by atoms with Gasteiger partial charge in [0.25, 0.3) is 0 Å². The number of rotatable bonds is 22. The van der Waals surface area contributed by atoms with E-state index >= 15 is 0 Å². The molecule has 0 aliphatic rings. The summed E-state index contributed by atoms with van der Waals surface area (Å²) in [4.78, 5) is 31.1. The Morgan fingerprint density at radius 2 is 0.361 bits per heavy atom. The SMILES string of the molecule is CC(C)[CH2][Sn+3].CC(C)[CH2][Sn+3].CC(C)[CH2][Sn+3].CC(C)[CH2][Sn+3].CC(C)[CH2][Sn+3].CC(C)[CH2][Sn+3].CC(C)[CH2][Sn+3].CCC([O-])(C(=O)[O-])C([O-])([O-])C([O-])([O-])C(C)[O-].CCC([O-])(C(=O)[O-])C([O-])([O-])C([O-])([O-])C(C)[O-].CCC([O-])(C(=O)[O-])C([O-])([O-])C([O-])([O-])C(C)[O-]. The van der Waals surface area contributed by atoms with Crippen molar-refractivity contribution in [2.75, 3.05) is 0 Å². The van der Waals surface area contributed by atoms with Gasteiger partial charge in [0.1, 0.15) is 0 Å². The van der Waals surface area contributed by atoms with Gasteiger partial charge in [-0.15, -0.1) is 16.8 Å². The van der Waals surface area contributed by atoms with Gasteiger partial charge in [0.2, 0.25) is 0 Å². The third-order valence-corrected chi connectivity index (χ3v) is 26.2. The van der Waals surface area contributed by atoms with E-state index in [0.717, 1.165) is 62.2 Å². The molecule has 6 atom stereocenters. The van der Waals surface area contributed by atoms with Crippen molar-refractivity contribution in [3.8, 4) is 0 Å². The Morgan fingerprint density at radius 1 is 0.277 bits per heavy atom. The van der Waals surface area contributed by atoms with Gasteiger partial charge in [-0.2, -0.15) is 18.3 Å². The molecule has 0 aliphatic heterocycles. The van der Waals surface area contributed by atoms with Crippen LogP contribution in [0, 0.1) is 41.4 Å². The van der Waals surface area contributed by atoms with Gasteiger partial charge in [-0.3, -0.25) is 17.4 Å². The summed E-state index contributed by atoms with van der Waals surface area (Å²) in [6, 6.07) is 0. The van der Waals surface area contributed by atoms with Gasteiger partial charge < -0.3 is 122 Å². The predicted molar refractivity (Wildman–Crippen MR) is 277 cm³/mol. The van der Waals surface area contributed by atoms with Crippen LogP contribution in [0.2, 0.25) is 31.1 Å². The summed E-state index contributed by atoms with van der Waals surface area (Å²) in [6.45, 7) is 35.2. The van der Waals surface area contributed by atoms with E-state index in [1.165, 1.54) is 31.1 Å². The summed E-state index contributed by atoms with van der Waals surface area (Å²) < 4.78 is 9.77. The summed E-state index contributed by atoms with van der Waals surface area (Å²) >= 11 is 11.6. The first-order valence-corrected chi connectivity index (χ1v) is 40.6. The van der Waals surface area contributed by atoms with Crippen molar-refractivity contribution >= 4 is 176 Å². The third kappa shape index (κ3) is 43.7. The van der Waals surface area contributed by atoms with Gasteiger partial charge in [-0.05, 0) is 0 Å². The Balaban J connectivity index is -0.0000000940. The minimum absolute atomic E-state index is 0.426. The fraction of sp³-hybridized carbons (Fsp3) is 0.942. The van der Waals surface area contributed by atoms with Gasteiger partial charge in [0.15, 0.2) is 0 Å². The van der Waals surface area contributed by atoms with E-state index in [-0.39, 0.29) is 0 Å². The van der Waals surface area contributed by atoms with Crippen molar-refractivity contribution in [1.82, 2.24) is 0 Å². The second kappa shape index (κ2) is 53.6. The molecule has 0 aromatic heterocycles. The minimum Gasteiger partial charge on any atom is -0.865 e. The number of carbonyl (C=O) groups is 3. The topological polar surface area (TPSA) is 535 Å². The third-order valence-electron chi connectivity index (χ3n) is 9.92. The summed E-state index contributed by atoms with van der Waals surface area (Å²) in [5, 5.41) is 229. The maximum Gasteiger partial charge on any atom is 0.0288 e. The molecule has 0 N–H and O–H groups in total. The molecular formula is C52H90O24Sn7. The number of carboxylic acid groups (broad SMARTS) is 3. The van der Waals surface area contributed by atoms with E-state index in [1.807, 2.05) is 0 Å². The van der Waals surface area contributed by atoms with Gasteiger partial charge in [-0.1, -0.05) is 60.8 Å². The van der Waals surface area contributed by atoms with Crippen molar-refractivity contribution in [1.29, 1.82) is 0 Å². The molecule has 0 aromatic rings. The van der Waals surface area contributed by atoms with Crippen molar-refractivity contribution in [3.05, 3.63) is 0 Å². The molecule has 83 heavy (non-hydrogen) atoms. The molecule has 0 bridgehead atoms. The molecule has 31 heteroatoms. The van der Waals surface area contributed by atoms with Gasteiger partial charge in [0.05, 0.1) is 0 Å². The molecule has 0 heterocycles. The summed E-state index contributed by atoms with van der Waals surface area (Å²) in [5.74, 6) is -29.5. The van der Waals surface area contributed by atoms with E-state index in [9.17, 15) is 122 Å². The smallest absolute Gasteiger partial charge is 0.0288 e. The van der Waals surface area contributed by atoms with Gasteiger partial charge in [0, 0.05) is 17.9 Å². The van der Waals surface area contributed by atoms with E-state index < -0.39 is 107 Å². The zero-order valence-corrected chi connectivity index (χ0v) is 72.1. The maximum atomic E-state index is 11.3. The predicted octanol–water partition coefficient (Wildman–Crippen LogP) is -15.9. The normalized spacial score (nSPS) is 15.1. The molecule has 24 nitrogen and oxygen atoms in total. The Hall–Kier alpha value is 3.28. The molecule has 0 aromatic carbocycles. The Morgan fingerprint density at radius 3 is 0.398 bits per heavy atom. The van der Waals surface area contributed by atoms with Gasteiger partial charge >= 0.3 is 327 Å². The largest absolute Gasteiger partial charge is 0.865 e. The van der Waals surface area contributed by atoms with Crippen LogP contribution in [-0.4, -0.2) is 245 Å². The summed E-state index contributed by atoms with van der Waals surface area (Å²) in [7, 11) is 0. The average Bonchev–Trinajstić information content (AvgIpc) is 3.38. The van der Waals surface area contributed by atoms with Crippen molar-refractivity contribution in [3.63, 3.8) is 0 Å². The van der Waals surface area contributed by atoms with Crippen LogP contribution in [0.25, 0.3) is 0 Å². The molecule has 0 fully saturated rings. The molecule has 470 valence electrons. The second-order valence-electron chi connectivity index (χ2n) is 21.4. The number of carbonyl (C=O) groups excluding carboxylic acids is 3. The molecule has 0 saturated carbocycles. The number of carboxylic acids is 3. The van der Waals surface area contributed by atoms with Crippen LogP contribution >= 0.6 is 0 Å². The van der Waals surface area contributed by atoms with Crippen LogP contribution in [0.4, 0.5) is 0 Å². The van der Waals surface area contributed by atoms with Crippen molar-refractivity contribution in [2.45, 2.75) is 259 Å². The van der Waals surface area contributed by atoms with E-state index in [4.69, 9.17) is 0 Å². The Kier molecular flexibility index (Phi) is 69.7. The monoisotopic (exact) mass is 1940 g/mol. The molecule has 0 saturated heterocycles. The molecule has 0 amide bonds. The maximum absolute atomic E-state index is 11.3. The standard InChI is InChI=1S/3C8H10O8.7C4H9.7Sn/c3*1-3-6(12,5(10)11)8(15,16)7(13,14)4(2)9;7*1-4(2)3;;;;;;;/h3*4H,3H2,1-2H3,(H,10,11);7*4H,1H2,2-3H3;;;;;;;/q3*-6;;;;;;;;7*+3/p-3. The minimum atomic E-state index is -4.80. The molecule has 0 rings (SSSR count). The summed E-state index contributed by atoms with van der Waals surface area (Å²) in [6.07, 6.45) is -11.7. The number of hydrogen-bond acceptors (Lipinski definition) is 24. The summed E-state index contributed by atoms with van der Waals surface area (Å²) in [5.41, 5.74) is -11.9. The quantitative estimate of drug-likeness (QED) is 0.0717. The van der Waals surface area contributed by atoms with Crippen LogP contribution in [0.5, 0.6) is 0 Å². The second-order valence-corrected chi connectivity index (χ2v) is 29.5. The molecule has 0 aliphatic carbocycles. The van der Waals surface area contributed by atoms with Crippen LogP contribution in [-0.2, 0) is 14.4 Å². The first-order valence-electron chi connectivity index (χ1n) is 26.4. The zero-order valence-electron chi connectivity index (χ0n) is 52.1. The molecule has 0 radical (unpaired) electrons. The first kappa shape index (κ1) is 108. The van der Waals surface area contributed by atoms with E-state index in [0.29, 0.717) is 20.8 Å². The Labute approximate surface area is 590 Å². The zero-order chi connectivity index (χ0) is 70.1. The van der Waals surface area contributed by atoms with Crippen molar-refractivity contribution < 1.29 is 122 Å². The van der Waals surface area contributed by atoms with Crippen LogP contribution < -0.4 is 107 Å². The molecule has 0 spiro atoms. The first-order chi connectivity index (χ1) is 36.7. The Bertz CT molecular complexity index is 1360. The van der Waals surface area contributed by atoms with Crippen LogP contribution in [0.15, 0.2) is 0 Å². The van der Waals surface area contributed by atoms with Crippen LogP contribution in [0.1, 0.15) is 158 Å². The van der Waals surface area contributed by atoms with E-state index in [2.05, 4.69) is 96.9 Å². The van der Waals surface area contributed by atoms with E-state index in [1.54, 1.807) is 158 Å². The van der Waals surface area contributed by atoms with Crippen LogP contribution in [0.3, 0.4) is 0 Å². The van der Waals surface area contributed by atoms with Gasteiger partial charge in [-0.25, -0.2) is 17.4 Å². The average molecular weight is 1930 g/mol. The number of hydrogen-bond donors (Lipinski definition) is 0. The number of aliphatic carboxylic acids is 3. The molecular weight excluding hydrogens is 1840 g/mol. The van der Waals surface area contributed by atoms with Crippen molar-refractivity contribution in [2.24, 2.45) is 41.4 Å². The fourth-order valence-electron chi connectivity index (χ4n) is 3.18. The molecule has 6 unspecified atom stereocenters. The fourth-order valence-corrected chi connectivity index (χ4v) is 3.18.